The molecular formula is C74H145NO5. The Hall–Kier alpha value is -1.40. The number of hydrogen-bond acceptors (Lipinski definition) is 5. The summed E-state index contributed by atoms with van der Waals surface area (Å²) in [5.74, 6) is -0.00504. The van der Waals surface area contributed by atoms with E-state index < -0.39 is 12.1 Å². The molecule has 0 aliphatic heterocycles. The molecule has 1 amide bonds. The molecule has 0 aromatic heterocycles. The van der Waals surface area contributed by atoms with E-state index in [0.29, 0.717) is 25.9 Å². The van der Waals surface area contributed by atoms with Gasteiger partial charge in [0, 0.05) is 12.8 Å². The van der Waals surface area contributed by atoms with Gasteiger partial charge in [0.2, 0.25) is 5.91 Å². The summed E-state index contributed by atoms with van der Waals surface area (Å²) in [5.41, 5.74) is 0. The van der Waals surface area contributed by atoms with Gasteiger partial charge in [-0.2, -0.15) is 0 Å². The Morgan fingerprint density at radius 2 is 0.588 bits per heavy atom. The molecule has 6 heteroatoms. The first-order chi connectivity index (χ1) is 39.5. The maximum atomic E-state index is 12.5. The average Bonchev–Trinajstić information content (AvgIpc) is 3.46. The van der Waals surface area contributed by atoms with Crippen molar-refractivity contribution in [2.75, 3.05) is 13.2 Å². The molecule has 0 saturated carbocycles. The van der Waals surface area contributed by atoms with Gasteiger partial charge in [-0.25, -0.2) is 0 Å². The molecule has 0 aliphatic rings. The summed E-state index contributed by atoms with van der Waals surface area (Å²) in [6.45, 7) is 4.99. The van der Waals surface area contributed by atoms with Crippen LogP contribution in [0.15, 0.2) is 12.2 Å². The molecular weight excluding hydrogens is 983 g/mol. The third-order valence-corrected chi connectivity index (χ3v) is 17.6. The SMILES string of the molecule is CCCCCCCCCCCCCCCC(O)C(CO)NC(=O)CCCCCCCCCCCCCCCCCCC/C=C\CCCCCCCCCCCCCCCCCCCCOC(=O)CCCCCCCCCCCCC. The van der Waals surface area contributed by atoms with Gasteiger partial charge in [-0.05, 0) is 51.4 Å². The monoisotopic (exact) mass is 1130 g/mol. The molecule has 0 fully saturated rings. The number of carbonyl (C=O) groups excluding carboxylic acids is 2. The van der Waals surface area contributed by atoms with E-state index >= 15 is 0 Å². The van der Waals surface area contributed by atoms with Crippen LogP contribution in [0.25, 0.3) is 0 Å². The Labute approximate surface area is 501 Å². The molecule has 80 heavy (non-hydrogen) atoms. The minimum absolute atomic E-state index is 0.0229. The molecule has 2 unspecified atom stereocenters. The molecule has 0 rings (SSSR count). The normalized spacial score (nSPS) is 12.5. The van der Waals surface area contributed by atoms with Gasteiger partial charge in [-0.3, -0.25) is 9.59 Å². The molecule has 0 aromatic rings. The van der Waals surface area contributed by atoms with Crippen LogP contribution in [0.1, 0.15) is 425 Å². The van der Waals surface area contributed by atoms with Gasteiger partial charge in [0.05, 0.1) is 25.4 Å². The number of carbonyl (C=O) groups is 2. The van der Waals surface area contributed by atoms with Gasteiger partial charge in [0.25, 0.3) is 0 Å². The molecule has 0 saturated heterocycles. The van der Waals surface area contributed by atoms with Gasteiger partial charge in [-0.1, -0.05) is 373 Å². The van der Waals surface area contributed by atoms with Crippen molar-refractivity contribution in [1.82, 2.24) is 5.32 Å². The van der Waals surface area contributed by atoms with E-state index in [0.717, 1.165) is 38.5 Å². The summed E-state index contributed by atoms with van der Waals surface area (Å²) < 4.78 is 5.48. The van der Waals surface area contributed by atoms with E-state index in [2.05, 4.69) is 31.3 Å². The number of hydrogen-bond donors (Lipinski definition) is 3. The molecule has 476 valence electrons. The van der Waals surface area contributed by atoms with E-state index in [9.17, 15) is 19.8 Å². The molecule has 0 heterocycles. The fourth-order valence-corrected chi connectivity index (χ4v) is 11.9. The topological polar surface area (TPSA) is 95.9 Å². The number of aliphatic hydroxyl groups is 2. The summed E-state index contributed by atoms with van der Waals surface area (Å²) in [5, 5.41) is 23.3. The quantitative estimate of drug-likeness (QED) is 0.0320. The largest absolute Gasteiger partial charge is 0.466 e. The van der Waals surface area contributed by atoms with Crippen LogP contribution in [0, 0.1) is 0 Å². The summed E-state index contributed by atoms with van der Waals surface area (Å²) >= 11 is 0. The summed E-state index contributed by atoms with van der Waals surface area (Å²) in [7, 11) is 0. The van der Waals surface area contributed by atoms with Crippen molar-refractivity contribution in [2.45, 2.75) is 437 Å². The summed E-state index contributed by atoms with van der Waals surface area (Å²) in [4.78, 5) is 24.5. The zero-order valence-electron chi connectivity index (χ0n) is 54.6. The Kier molecular flexibility index (Phi) is 68.9. The van der Waals surface area contributed by atoms with Crippen molar-refractivity contribution >= 4 is 11.9 Å². The lowest BCUT2D eigenvalue weighted by Gasteiger charge is -2.22. The highest BCUT2D eigenvalue weighted by Gasteiger charge is 2.20. The minimum Gasteiger partial charge on any atom is -0.466 e. The van der Waals surface area contributed by atoms with E-state index in [1.54, 1.807) is 0 Å². The predicted octanol–water partition coefficient (Wildman–Crippen LogP) is 23.9. The highest BCUT2D eigenvalue weighted by atomic mass is 16.5. The molecule has 0 aliphatic carbocycles. The van der Waals surface area contributed by atoms with Gasteiger partial charge in [0.15, 0.2) is 0 Å². The van der Waals surface area contributed by atoms with Crippen LogP contribution >= 0.6 is 0 Å². The number of amides is 1. The molecule has 0 radical (unpaired) electrons. The molecule has 3 N–H and O–H groups in total. The maximum Gasteiger partial charge on any atom is 0.305 e. The van der Waals surface area contributed by atoms with Crippen LogP contribution < -0.4 is 5.32 Å². The fourth-order valence-electron chi connectivity index (χ4n) is 11.9. The highest BCUT2D eigenvalue weighted by Crippen LogP contribution is 2.19. The second kappa shape index (κ2) is 70.1. The lowest BCUT2D eigenvalue weighted by atomic mass is 10.0. The van der Waals surface area contributed by atoms with Crippen LogP contribution in [0.4, 0.5) is 0 Å². The number of unbranched alkanes of at least 4 members (excludes halogenated alkanes) is 57. The Balaban J connectivity index is 3.30. The van der Waals surface area contributed by atoms with E-state index in [-0.39, 0.29) is 18.5 Å². The van der Waals surface area contributed by atoms with E-state index in [1.165, 1.54) is 353 Å². The highest BCUT2D eigenvalue weighted by molar-refractivity contribution is 5.76. The third-order valence-electron chi connectivity index (χ3n) is 17.6. The zero-order chi connectivity index (χ0) is 57.8. The zero-order valence-corrected chi connectivity index (χ0v) is 54.6. The van der Waals surface area contributed by atoms with Gasteiger partial charge >= 0.3 is 5.97 Å². The molecule has 2 atom stereocenters. The number of allylic oxidation sites excluding steroid dienone is 2. The van der Waals surface area contributed by atoms with Crippen molar-refractivity contribution in [3.05, 3.63) is 12.2 Å². The van der Waals surface area contributed by atoms with Gasteiger partial charge in [0.1, 0.15) is 0 Å². The number of rotatable bonds is 70. The molecule has 6 nitrogen and oxygen atoms in total. The Bertz CT molecular complexity index is 1210. The van der Waals surface area contributed by atoms with Crippen LogP contribution in [0.2, 0.25) is 0 Å². The standard InChI is InChI=1S/C74H145NO5/c1-3-5-7-9-11-13-15-43-47-50-54-58-62-66-72(77)71(70-76)75-73(78)67-63-59-55-51-48-44-41-39-37-35-33-31-29-27-25-23-21-19-17-16-18-20-22-24-26-28-30-32-34-36-38-40-42-45-49-53-57-61-65-69-80-74(79)68-64-60-56-52-46-14-12-10-8-6-4-2/h16-17,71-72,76-77H,3-15,18-70H2,1-2H3,(H,75,78)/b17-16-. The van der Waals surface area contributed by atoms with Crippen LogP contribution in [0.3, 0.4) is 0 Å². The average molecular weight is 1130 g/mol. The number of nitrogens with one attached hydrogen (secondary N) is 1. The van der Waals surface area contributed by atoms with E-state index in [1.807, 2.05) is 0 Å². The van der Waals surface area contributed by atoms with Gasteiger partial charge < -0.3 is 20.3 Å². The molecule has 0 bridgehead atoms. The smallest absolute Gasteiger partial charge is 0.305 e. The van der Waals surface area contributed by atoms with Crippen LogP contribution in [0.5, 0.6) is 0 Å². The van der Waals surface area contributed by atoms with Crippen molar-refractivity contribution in [3.63, 3.8) is 0 Å². The first-order valence-electron chi connectivity index (χ1n) is 36.9. The lowest BCUT2D eigenvalue weighted by molar-refractivity contribution is -0.143. The Morgan fingerprint density at radius 3 is 0.887 bits per heavy atom. The lowest BCUT2D eigenvalue weighted by Crippen LogP contribution is -2.45. The number of esters is 1. The molecule has 0 aromatic carbocycles. The van der Waals surface area contributed by atoms with Gasteiger partial charge in [-0.15, -0.1) is 0 Å². The van der Waals surface area contributed by atoms with Crippen molar-refractivity contribution in [3.8, 4) is 0 Å². The molecule has 0 spiro atoms. The maximum absolute atomic E-state index is 12.5. The van der Waals surface area contributed by atoms with Crippen molar-refractivity contribution in [1.29, 1.82) is 0 Å². The fraction of sp³-hybridized carbons (Fsp3) is 0.946. The first-order valence-corrected chi connectivity index (χ1v) is 36.9. The summed E-state index contributed by atoms with van der Waals surface area (Å²) in [6, 6.07) is -0.536. The predicted molar refractivity (Wildman–Crippen MR) is 352 cm³/mol. The van der Waals surface area contributed by atoms with Crippen LogP contribution in [-0.4, -0.2) is 47.4 Å². The Morgan fingerprint density at radius 1 is 0.338 bits per heavy atom. The van der Waals surface area contributed by atoms with Crippen molar-refractivity contribution in [2.24, 2.45) is 0 Å². The van der Waals surface area contributed by atoms with Crippen LogP contribution in [-0.2, 0) is 14.3 Å². The second-order valence-electron chi connectivity index (χ2n) is 25.6. The first kappa shape index (κ1) is 78.6. The van der Waals surface area contributed by atoms with E-state index in [4.69, 9.17) is 4.74 Å². The third kappa shape index (κ3) is 65.7. The second-order valence-corrected chi connectivity index (χ2v) is 25.6. The van der Waals surface area contributed by atoms with Crippen molar-refractivity contribution < 1.29 is 24.5 Å². The number of ether oxygens (including phenoxy) is 1. The summed E-state index contributed by atoms with van der Waals surface area (Å²) in [6.07, 6.45) is 87.3. The number of aliphatic hydroxyl groups excluding tert-OH is 2. The minimum atomic E-state index is -0.659.